The highest BCUT2D eigenvalue weighted by molar-refractivity contribution is 7.80. The van der Waals surface area contributed by atoms with Crippen LogP contribution in [0.1, 0.15) is 0 Å². The van der Waals surface area contributed by atoms with Crippen LogP contribution in [0.2, 0.25) is 0 Å². The Bertz CT molecular complexity index is 346. The van der Waals surface area contributed by atoms with Crippen LogP contribution in [0.3, 0.4) is 0 Å². The highest BCUT2D eigenvalue weighted by atomic mass is 32.1. The van der Waals surface area contributed by atoms with E-state index in [1.807, 2.05) is 19.3 Å². The van der Waals surface area contributed by atoms with Crippen LogP contribution in [0.4, 0.5) is 5.69 Å². The number of hydrogen-bond donors (Lipinski definition) is 1. The predicted octanol–water partition coefficient (Wildman–Crippen LogP) is 0.708. The summed E-state index contributed by atoms with van der Waals surface area (Å²) >= 11 is 5.21. The molecule has 4 nitrogen and oxygen atoms in total. The van der Waals surface area contributed by atoms with Crippen LogP contribution >= 0.6 is 12.2 Å². The monoisotopic (exact) mass is 236 g/mol. The minimum atomic E-state index is 0.839. The van der Waals surface area contributed by atoms with E-state index in [0.717, 1.165) is 31.3 Å². The molecule has 1 aromatic heterocycles. The van der Waals surface area contributed by atoms with Crippen molar-refractivity contribution < 1.29 is 0 Å². The lowest BCUT2D eigenvalue weighted by Gasteiger charge is -2.36. The van der Waals surface area contributed by atoms with Crippen LogP contribution in [-0.2, 0) is 0 Å². The van der Waals surface area contributed by atoms with Crippen LogP contribution in [0, 0.1) is 0 Å². The molecule has 5 heteroatoms. The second-order valence-electron chi connectivity index (χ2n) is 3.74. The Morgan fingerprint density at radius 2 is 2.12 bits per heavy atom. The first-order chi connectivity index (χ1) is 7.81. The summed E-state index contributed by atoms with van der Waals surface area (Å²) in [7, 11) is 1.87. The molecule has 2 rings (SSSR count). The van der Waals surface area contributed by atoms with E-state index < -0.39 is 0 Å². The predicted molar refractivity (Wildman–Crippen MR) is 69.7 cm³/mol. The summed E-state index contributed by atoms with van der Waals surface area (Å²) in [6.45, 7) is 3.92. The van der Waals surface area contributed by atoms with E-state index in [1.165, 1.54) is 5.69 Å². The number of rotatable bonds is 1. The van der Waals surface area contributed by atoms with Gasteiger partial charge in [0.05, 0.1) is 11.9 Å². The molecule has 2 heterocycles. The van der Waals surface area contributed by atoms with Crippen molar-refractivity contribution in [3.63, 3.8) is 0 Å². The van der Waals surface area contributed by atoms with Crippen molar-refractivity contribution in [1.82, 2.24) is 15.2 Å². The molecular formula is C11H16N4S. The average molecular weight is 236 g/mol. The number of thiocarbonyl (C=S) groups is 1. The Morgan fingerprint density at radius 1 is 1.38 bits per heavy atom. The van der Waals surface area contributed by atoms with Crippen LogP contribution < -0.4 is 10.2 Å². The van der Waals surface area contributed by atoms with Gasteiger partial charge in [-0.05, 0) is 24.4 Å². The number of nitrogens with one attached hydrogen (secondary N) is 1. The maximum Gasteiger partial charge on any atom is 0.168 e. The molecule has 0 amide bonds. The van der Waals surface area contributed by atoms with Crippen molar-refractivity contribution in [1.29, 1.82) is 0 Å². The molecular weight excluding hydrogens is 220 g/mol. The minimum absolute atomic E-state index is 0.839. The van der Waals surface area contributed by atoms with Gasteiger partial charge in [0.15, 0.2) is 5.11 Å². The van der Waals surface area contributed by atoms with Crippen molar-refractivity contribution >= 4 is 23.0 Å². The fraction of sp³-hybridized carbons (Fsp3) is 0.455. The first kappa shape index (κ1) is 11.1. The molecule has 1 aromatic rings. The van der Waals surface area contributed by atoms with Crippen molar-refractivity contribution in [2.75, 3.05) is 38.1 Å². The highest BCUT2D eigenvalue weighted by Gasteiger charge is 2.18. The molecule has 16 heavy (non-hydrogen) atoms. The van der Waals surface area contributed by atoms with E-state index in [9.17, 15) is 0 Å². The van der Waals surface area contributed by atoms with E-state index in [0.29, 0.717) is 0 Å². The Labute approximate surface area is 101 Å². The molecule has 0 spiro atoms. The minimum Gasteiger partial charge on any atom is -0.367 e. The van der Waals surface area contributed by atoms with Crippen LogP contribution in [-0.4, -0.2) is 48.2 Å². The first-order valence-electron chi connectivity index (χ1n) is 5.43. The fourth-order valence-electron chi connectivity index (χ4n) is 1.87. The summed E-state index contributed by atoms with van der Waals surface area (Å²) in [6, 6.07) is 4.07. The number of nitrogens with zero attached hydrogens (tertiary/aromatic N) is 3. The fourth-order valence-corrected chi connectivity index (χ4v) is 2.05. The second kappa shape index (κ2) is 5.12. The molecule has 0 atom stereocenters. The first-order valence-corrected chi connectivity index (χ1v) is 5.83. The molecule has 0 aromatic carbocycles. The Balaban J connectivity index is 1.93. The lowest BCUT2D eigenvalue weighted by atomic mass is 10.3. The van der Waals surface area contributed by atoms with Gasteiger partial charge in [-0.1, -0.05) is 0 Å². The van der Waals surface area contributed by atoms with E-state index in [2.05, 4.69) is 26.2 Å². The quantitative estimate of drug-likeness (QED) is 0.726. The highest BCUT2D eigenvalue weighted by Crippen LogP contribution is 2.14. The van der Waals surface area contributed by atoms with Gasteiger partial charge in [-0.3, -0.25) is 4.98 Å². The second-order valence-corrected chi connectivity index (χ2v) is 4.13. The molecule has 0 unspecified atom stereocenters. The van der Waals surface area contributed by atoms with E-state index in [1.54, 1.807) is 6.20 Å². The number of pyridine rings is 1. The normalized spacial score (nSPS) is 16.1. The van der Waals surface area contributed by atoms with Gasteiger partial charge in [-0.25, -0.2) is 0 Å². The van der Waals surface area contributed by atoms with Gasteiger partial charge in [0.1, 0.15) is 0 Å². The molecule has 0 radical (unpaired) electrons. The molecule has 1 saturated heterocycles. The van der Waals surface area contributed by atoms with Crippen LogP contribution in [0.15, 0.2) is 24.5 Å². The Kier molecular flexibility index (Phi) is 3.56. The third-order valence-electron chi connectivity index (χ3n) is 2.79. The van der Waals surface area contributed by atoms with Crippen molar-refractivity contribution in [2.45, 2.75) is 0 Å². The molecule has 0 bridgehead atoms. The summed E-state index contributed by atoms with van der Waals surface area (Å²) < 4.78 is 0. The Hall–Kier alpha value is -1.36. The average Bonchev–Trinajstić information content (AvgIpc) is 2.39. The van der Waals surface area contributed by atoms with E-state index >= 15 is 0 Å². The van der Waals surface area contributed by atoms with Crippen LogP contribution in [0.25, 0.3) is 0 Å². The molecule has 86 valence electrons. The van der Waals surface area contributed by atoms with Gasteiger partial charge in [-0.15, -0.1) is 0 Å². The largest absolute Gasteiger partial charge is 0.367 e. The third-order valence-corrected chi connectivity index (χ3v) is 3.25. The molecule has 1 aliphatic heterocycles. The molecule has 1 N–H and O–H groups in total. The molecule has 1 aliphatic rings. The molecule has 0 saturated carbocycles. The van der Waals surface area contributed by atoms with Gasteiger partial charge in [0.25, 0.3) is 0 Å². The van der Waals surface area contributed by atoms with Gasteiger partial charge in [-0.2, -0.15) is 0 Å². The van der Waals surface area contributed by atoms with E-state index in [4.69, 9.17) is 12.2 Å². The molecule has 0 aliphatic carbocycles. The zero-order valence-electron chi connectivity index (χ0n) is 9.39. The maximum atomic E-state index is 5.21. The van der Waals surface area contributed by atoms with Gasteiger partial charge in [0, 0.05) is 39.4 Å². The molecule has 1 fully saturated rings. The summed E-state index contributed by atoms with van der Waals surface area (Å²) in [5.41, 5.74) is 1.19. The van der Waals surface area contributed by atoms with Crippen molar-refractivity contribution in [3.8, 4) is 0 Å². The van der Waals surface area contributed by atoms with Crippen LogP contribution in [0.5, 0.6) is 0 Å². The number of anilines is 1. The maximum absolute atomic E-state index is 5.21. The van der Waals surface area contributed by atoms with Gasteiger partial charge in [0.2, 0.25) is 0 Å². The lowest BCUT2D eigenvalue weighted by molar-refractivity contribution is 0.382. The summed E-state index contributed by atoms with van der Waals surface area (Å²) in [5.74, 6) is 0. The zero-order valence-corrected chi connectivity index (χ0v) is 10.2. The third kappa shape index (κ3) is 2.41. The SMILES string of the molecule is CNC(=S)N1CCN(c2cccnc2)CC1. The summed E-state index contributed by atoms with van der Waals surface area (Å²) in [4.78, 5) is 8.67. The number of piperazine rings is 1. The smallest absolute Gasteiger partial charge is 0.168 e. The zero-order chi connectivity index (χ0) is 11.4. The standard InChI is InChI=1S/C11H16N4S/c1-12-11(16)15-7-5-14(6-8-15)10-3-2-4-13-9-10/h2-4,9H,5-8H2,1H3,(H,12,16). The van der Waals surface area contributed by atoms with Gasteiger partial charge < -0.3 is 15.1 Å². The lowest BCUT2D eigenvalue weighted by Crippen LogP contribution is -2.51. The van der Waals surface area contributed by atoms with E-state index in [-0.39, 0.29) is 0 Å². The number of aromatic nitrogens is 1. The Morgan fingerprint density at radius 3 is 2.69 bits per heavy atom. The van der Waals surface area contributed by atoms with Gasteiger partial charge >= 0.3 is 0 Å². The number of hydrogen-bond acceptors (Lipinski definition) is 3. The summed E-state index contributed by atoms with van der Waals surface area (Å²) in [6.07, 6.45) is 3.71. The topological polar surface area (TPSA) is 31.4 Å². The van der Waals surface area contributed by atoms with Crippen molar-refractivity contribution in [3.05, 3.63) is 24.5 Å². The summed E-state index contributed by atoms with van der Waals surface area (Å²) in [5, 5.41) is 3.85. The van der Waals surface area contributed by atoms with Crippen molar-refractivity contribution in [2.24, 2.45) is 0 Å².